The SMILES string of the molecule is C[P+](=O)C(C)(C)C. The second kappa shape index (κ2) is 1.92. The van der Waals surface area contributed by atoms with Crippen molar-refractivity contribution >= 4 is 7.80 Å². The van der Waals surface area contributed by atoms with Gasteiger partial charge in [-0.1, -0.05) is 4.57 Å². The van der Waals surface area contributed by atoms with E-state index in [9.17, 15) is 4.57 Å². The first-order valence-electron chi connectivity index (χ1n) is 2.35. The van der Waals surface area contributed by atoms with Crippen LogP contribution in [-0.4, -0.2) is 11.8 Å². The van der Waals surface area contributed by atoms with E-state index in [0.29, 0.717) is 0 Å². The molecular weight excluding hydrogens is 107 g/mol. The zero-order valence-electron chi connectivity index (χ0n) is 5.36. The van der Waals surface area contributed by atoms with Crippen molar-refractivity contribution in [1.82, 2.24) is 0 Å². The van der Waals surface area contributed by atoms with E-state index in [4.69, 9.17) is 0 Å². The van der Waals surface area contributed by atoms with Crippen LogP contribution in [0.15, 0.2) is 0 Å². The average Bonchev–Trinajstić information content (AvgIpc) is 1.31. The normalized spacial score (nSPS) is 14.0. The van der Waals surface area contributed by atoms with E-state index in [1.807, 2.05) is 20.8 Å². The van der Waals surface area contributed by atoms with Crippen LogP contribution < -0.4 is 0 Å². The lowest BCUT2D eigenvalue weighted by Gasteiger charge is -1.99. The first-order valence-corrected chi connectivity index (χ1v) is 4.06. The van der Waals surface area contributed by atoms with Gasteiger partial charge in [-0.25, -0.2) is 0 Å². The van der Waals surface area contributed by atoms with Crippen LogP contribution in [0.1, 0.15) is 20.8 Å². The zero-order chi connectivity index (χ0) is 6.08. The third-order valence-corrected chi connectivity index (χ3v) is 2.83. The highest BCUT2D eigenvalue weighted by atomic mass is 31.1. The van der Waals surface area contributed by atoms with Gasteiger partial charge in [0.05, 0.1) is 0 Å². The van der Waals surface area contributed by atoms with Crippen molar-refractivity contribution in [2.24, 2.45) is 0 Å². The van der Waals surface area contributed by atoms with Gasteiger partial charge in [0.25, 0.3) is 0 Å². The molecule has 0 bridgehead atoms. The van der Waals surface area contributed by atoms with Gasteiger partial charge in [0.15, 0.2) is 5.16 Å². The smallest absolute Gasteiger partial charge is 0.0746 e. The van der Waals surface area contributed by atoms with Gasteiger partial charge in [-0.05, 0) is 20.8 Å². The topological polar surface area (TPSA) is 17.1 Å². The molecule has 1 unspecified atom stereocenters. The van der Waals surface area contributed by atoms with Crippen LogP contribution in [0.2, 0.25) is 0 Å². The summed E-state index contributed by atoms with van der Waals surface area (Å²) >= 11 is 0. The fraction of sp³-hybridized carbons (Fsp3) is 1.00. The second-order valence-corrected chi connectivity index (χ2v) is 5.00. The standard InChI is InChI=1S/C5H12OP/c1-5(2,3)7(4)6/h1-4H3/q+1. The van der Waals surface area contributed by atoms with Crippen LogP contribution in [0.25, 0.3) is 0 Å². The summed E-state index contributed by atoms with van der Waals surface area (Å²) in [4.78, 5) is 0. The summed E-state index contributed by atoms with van der Waals surface area (Å²) in [5.41, 5.74) is 0. The van der Waals surface area contributed by atoms with E-state index < -0.39 is 7.80 Å². The van der Waals surface area contributed by atoms with Crippen molar-refractivity contribution in [3.63, 3.8) is 0 Å². The van der Waals surface area contributed by atoms with Crippen molar-refractivity contribution in [3.8, 4) is 0 Å². The Hall–Kier alpha value is 0.100. The van der Waals surface area contributed by atoms with Crippen LogP contribution in [0.5, 0.6) is 0 Å². The molecule has 0 aromatic heterocycles. The second-order valence-electron chi connectivity index (χ2n) is 2.67. The maximum Gasteiger partial charge on any atom is 0.340 e. The average molecular weight is 119 g/mol. The molecule has 0 saturated heterocycles. The van der Waals surface area contributed by atoms with Gasteiger partial charge < -0.3 is 0 Å². The first kappa shape index (κ1) is 7.10. The molecule has 0 aliphatic heterocycles. The fourth-order valence-corrected chi connectivity index (χ4v) is 0. The zero-order valence-corrected chi connectivity index (χ0v) is 6.25. The first-order chi connectivity index (χ1) is 2.94. The molecule has 0 heterocycles. The largest absolute Gasteiger partial charge is 0.340 e. The minimum absolute atomic E-state index is 0.00926. The fourth-order valence-electron chi connectivity index (χ4n) is 0. The van der Waals surface area contributed by atoms with E-state index in [1.165, 1.54) is 0 Å². The quantitative estimate of drug-likeness (QED) is 0.447. The van der Waals surface area contributed by atoms with Gasteiger partial charge in [-0.15, -0.1) is 0 Å². The molecule has 0 aliphatic carbocycles. The third kappa shape index (κ3) is 2.76. The van der Waals surface area contributed by atoms with Crippen molar-refractivity contribution in [2.45, 2.75) is 25.9 Å². The van der Waals surface area contributed by atoms with Gasteiger partial charge in [-0.2, -0.15) is 0 Å². The molecule has 0 aromatic carbocycles. The van der Waals surface area contributed by atoms with E-state index in [2.05, 4.69) is 0 Å². The molecular formula is C5H12OP+. The number of hydrogen-bond donors (Lipinski definition) is 0. The van der Waals surface area contributed by atoms with Crippen molar-refractivity contribution in [2.75, 3.05) is 6.66 Å². The van der Waals surface area contributed by atoms with Gasteiger partial charge in [-0.3, -0.25) is 0 Å². The molecule has 7 heavy (non-hydrogen) atoms. The highest BCUT2D eigenvalue weighted by Crippen LogP contribution is 2.33. The van der Waals surface area contributed by atoms with Crippen LogP contribution in [0.4, 0.5) is 0 Å². The summed E-state index contributed by atoms with van der Waals surface area (Å²) in [5.74, 6) is 0. The Labute approximate surface area is 45.9 Å². The molecule has 1 atom stereocenters. The third-order valence-electron chi connectivity index (χ3n) is 0.945. The Balaban J connectivity index is 3.79. The lowest BCUT2D eigenvalue weighted by atomic mass is 10.3. The minimum atomic E-state index is -0.992. The summed E-state index contributed by atoms with van der Waals surface area (Å²) in [6, 6.07) is 0. The van der Waals surface area contributed by atoms with E-state index >= 15 is 0 Å². The van der Waals surface area contributed by atoms with Crippen molar-refractivity contribution in [3.05, 3.63) is 0 Å². The lowest BCUT2D eigenvalue weighted by Crippen LogP contribution is -2.05. The highest BCUT2D eigenvalue weighted by molar-refractivity contribution is 7.45. The minimum Gasteiger partial charge on any atom is -0.0746 e. The molecule has 0 spiro atoms. The molecule has 0 rings (SSSR count). The molecule has 0 amide bonds. The van der Waals surface area contributed by atoms with Crippen LogP contribution in [0.3, 0.4) is 0 Å². The molecule has 0 radical (unpaired) electrons. The Morgan fingerprint density at radius 1 is 1.29 bits per heavy atom. The van der Waals surface area contributed by atoms with Crippen molar-refractivity contribution in [1.29, 1.82) is 0 Å². The van der Waals surface area contributed by atoms with Crippen LogP contribution in [0, 0.1) is 0 Å². The Morgan fingerprint density at radius 3 is 1.43 bits per heavy atom. The van der Waals surface area contributed by atoms with Gasteiger partial charge in [0, 0.05) is 0 Å². The molecule has 0 N–H and O–H groups in total. The van der Waals surface area contributed by atoms with Crippen LogP contribution in [-0.2, 0) is 4.57 Å². The summed E-state index contributed by atoms with van der Waals surface area (Å²) < 4.78 is 10.6. The number of hydrogen-bond acceptors (Lipinski definition) is 1. The Bertz CT molecular complexity index is 80.6. The van der Waals surface area contributed by atoms with E-state index in [-0.39, 0.29) is 5.16 Å². The highest BCUT2D eigenvalue weighted by Gasteiger charge is 2.27. The molecule has 1 nitrogen and oxygen atoms in total. The summed E-state index contributed by atoms with van der Waals surface area (Å²) in [7, 11) is -0.992. The molecule has 0 fully saturated rings. The van der Waals surface area contributed by atoms with Crippen molar-refractivity contribution < 1.29 is 4.57 Å². The van der Waals surface area contributed by atoms with Gasteiger partial charge in [0.1, 0.15) is 6.66 Å². The maximum absolute atomic E-state index is 10.6. The molecule has 0 saturated carbocycles. The van der Waals surface area contributed by atoms with E-state index in [1.54, 1.807) is 6.66 Å². The maximum atomic E-state index is 10.6. The Morgan fingerprint density at radius 2 is 1.43 bits per heavy atom. The summed E-state index contributed by atoms with van der Waals surface area (Å²) in [6.45, 7) is 7.69. The molecule has 0 aliphatic rings. The lowest BCUT2D eigenvalue weighted by molar-refractivity contribution is 0.569. The monoisotopic (exact) mass is 119 g/mol. The Kier molecular flexibility index (Phi) is 1.94. The predicted molar refractivity (Wildman–Crippen MR) is 33.3 cm³/mol. The summed E-state index contributed by atoms with van der Waals surface area (Å²) in [5, 5.41) is 0.00926. The molecule has 0 aromatic rings. The van der Waals surface area contributed by atoms with Gasteiger partial charge in [0.2, 0.25) is 0 Å². The van der Waals surface area contributed by atoms with Gasteiger partial charge >= 0.3 is 7.80 Å². The summed E-state index contributed by atoms with van der Waals surface area (Å²) in [6.07, 6.45) is 0. The van der Waals surface area contributed by atoms with E-state index in [0.717, 1.165) is 0 Å². The van der Waals surface area contributed by atoms with Crippen LogP contribution >= 0.6 is 7.80 Å². The molecule has 42 valence electrons. The number of rotatable bonds is 0. The predicted octanol–water partition coefficient (Wildman–Crippen LogP) is 2.24. The molecule has 2 heteroatoms.